The molecule has 1 amide bonds. The van der Waals surface area contributed by atoms with Crippen LogP contribution >= 0.6 is 0 Å². The summed E-state index contributed by atoms with van der Waals surface area (Å²) in [6.07, 6.45) is 7.87. The third-order valence-electron chi connectivity index (χ3n) is 4.85. The third-order valence-corrected chi connectivity index (χ3v) is 4.85. The highest BCUT2D eigenvalue weighted by atomic mass is 16.5. The van der Waals surface area contributed by atoms with Crippen LogP contribution in [0.3, 0.4) is 0 Å². The summed E-state index contributed by atoms with van der Waals surface area (Å²) >= 11 is 0. The number of carbonyl (C=O) groups is 1. The van der Waals surface area contributed by atoms with Crippen molar-refractivity contribution < 1.29 is 9.32 Å². The topological polar surface area (TPSA) is 89.4 Å². The molecular formula is C19H24N6O2. The summed E-state index contributed by atoms with van der Waals surface area (Å²) < 4.78 is 7.13. The Labute approximate surface area is 157 Å². The van der Waals surface area contributed by atoms with E-state index in [4.69, 9.17) is 4.52 Å². The summed E-state index contributed by atoms with van der Waals surface area (Å²) in [5.41, 5.74) is 2.11. The monoisotopic (exact) mass is 368 g/mol. The first kappa shape index (κ1) is 17.6. The van der Waals surface area contributed by atoms with E-state index < -0.39 is 0 Å². The Balaban J connectivity index is 1.52. The van der Waals surface area contributed by atoms with Crippen LogP contribution < -0.4 is 0 Å². The zero-order valence-corrected chi connectivity index (χ0v) is 15.9. The van der Waals surface area contributed by atoms with Crippen LogP contribution in [0.2, 0.25) is 0 Å². The second-order valence-corrected chi connectivity index (χ2v) is 7.69. The molecule has 0 aliphatic carbocycles. The van der Waals surface area contributed by atoms with Gasteiger partial charge in [-0.15, -0.1) is 0 Å². The average Bonchev–Trinajstić information content (AvgIpc) is 3.27. The van der Waals surface area contributed by atoms with Crippen molar-refractivity contribution in [2.45, 2.75) is 46.0 Å². The van der Waals surface area contributed by atoms with Crippen molar-refractivity contribution in [2.24, 2.45) is 5.92 Å². The molecule has 8 nitrogen and oxygen atoms in total. The number of hydrogen-bond acceptors (Lipinski definition) is 6. The number of likely N-dealkylation sites (tertiary alicyclic amines) is 1. The molecule has 1 fully saturated rings. The molecule has 4 rings (SSSR count). The molecule has 0 bridgehead atoms. The standard InChI is InChI=1S/C19H24N6O2/c1-12(2)7-16-22-18(27-23-16)14-5-4-6-24(11-14)19(26)15-9-21-25-10-13(3)8-20-17(15)25/h8-10,12,14H,4-7,11H2,1-3H3/t14-/m1/s1. The molecule has 1 saturated heterocycles. The summed E-state index contributed by atoms with van der Waals surface area (Å²) in [4.78, 5) is 23.8. The normalized spacial score (nSPS) is 17.8. The molecule has 0 unspecified atom stereocenters. The number of amides is 1. The van der Waals surface area contributed by atoms with Gasteiger partial charge >= 0.3 is 0 Å². The fourth-order valence-corrected chi connectivity index (χ4v) is 3.53. The lowest BCUT2D eigenvalue weighted by Crippen LogP contribution is -2.39. The number of aryl methyl sites for hydroxylation is 1. The quantitative estimate of drug-likeness (QED) is 0.703. The maximum Gasteiger partial charge on any atom is 0.259 e. The second kappa shape index (κ2) is 7.09. The Kier molecular flexibility index (Phi) is 4.63. The van der Waals surface area contributed by atoms with Gasteiger partial charge in [-0.25, -0.2) is 9.50 Å². The summed E-state index contributed by atoms with van der Waals surface area (Å²) in [5, 5.41) is 8.36. The van der Waals surface area contributed by atoms with E-state index in [2.05, 4.69) is 34.1 Å². The van der Waals surface area contributed by atoms with Crippen molar-refractivity contribution in [3.05, 3.63) is 41.4 Å². The second-order valence-electron chi connectivity index (χ2n) is 7.69. The summed E-state index contributed by atoms with van der Waals surface area (Å²) in [5.74, 6) is 1.88. The fraction of sp³-hybridized carbons (Fsp3) is 0.526. The van der Waals surface area contributed by atoms with E-state index in [0.29, 0.717) is 36.1 Å². The molecule has 1 aliphatic rings. The molecule has 0 saturated carbocycles. The number of hydrogen-bond donors (Lipinski definition) is 0. The van der Waals surface area contributed by atoms with Crippen molar-refractivity contribution in [1.82, 2.24) is 29.6 Å². The van der Waals surface area contributed by atoms with Gasteiger partial charge in [-0.05, 0) is 31.2 Å². The van der Waals surface area contributed by atoms with Gasteiger partial charge in [-0.1, -0.05) is 19.0 Å². The highest BCUT2D eigenvalue weighted by molar-refractivity contribution is 5.99. The molecule has 1 atom stereocenters. The van der Waals surface area contributed by atoms with E-state index in [1.54, 1.807) is 16.9 Å². The Morgan fingerprint density at radius 3 is 3.04 bits per heavy atom. The van der Waals surface area contributed by atoms with Crippen LogP contribution in [0.15, 0.2) is 23.1 Å². The van der Waals surface area contributed by atoms with Crippen molar-refractivity contribution in [1.29, 1.82) is 0 Å². The van der Waals surface area contributed by atoms with Gasteiger partial charge < -0.3 is 9.42 Å². The SMILES string of the molecule is Cc1cnc2c(C(=O)N3CCC[C@@H](c4nc(CC(C)C)no4)C3)cnn2c1. The molecule has 0 aromatic carbocycles. The molecule has 3 aromatic heterocycles. The summed E-state index contributed by atoms with van der Waals surface area (Å²) in [7, 11) is 0. The smallest absolute Gasteiger partial charge is 0.259 e. The zero-order chi connectivity index (χ0) is 19.0. The van der Waals surface area contributed by atoms with Gasteiger partial charge in [0.25, 0.3) is 5.91 Å². The molecule has 8 heteroatoms. The van der Waals surface area contributed by atoms with Crippen molar-refractivity contribution in [3.63, 3.8) is 0 Å². The van der Waals surface area contributed by atoms with E-state index in [1.165, 1.54) is 0 Å². The maximum absolute atomic E-state index is 13.1. The lowest BCUT2D eigenvalue weighted by atomic mass is 9.97. The van der Waals surface area contributed by atoms with E-state index in [-0.39, 0.29) is 11.8 Å². The Bertz CT molecular complexity index is 960. The molecule has 0 radical (unpaired) electrons. The number of fused-ring (bicyclic) bond motifs is 1. The number of nitrogens with zero attached hydrogens (tertiary/aromatic N) is 6. The van der Waals surface area contributed by atoms with Crippen molar-refractivity contribution in [2.75, 3.05) is 13.1 Å². The Hall–Kier alpha value is -2.77. The first-order valence-electron chi connectivity index (χ1n) is 9.43. The van der Waals surface area contributed by atoms with Gasteiger partial charge in [-0.3, -0.25) is 4.79 Å². The fourth-order valence-electron chi connectivity index (χ4n) is 3.53. The average molecular weight is 368 g/mol. The molecule has 4 heterocycles. The number of carbonyl (C=O) groups excluding carboxylic acids is 1. The van der Waals surface area contributed by atoms with E-state index in [1.807, 2.05) is 18.0 Å². The van der Waals surface area contributed by atoms with Crippen LogP contribution in [0.5, 0.6) is 0 Å². The zero-order valence-electron chi connectivity index (χ0n) is 15.9. The van der Waals surface area contributed by atoms with Gasteiger partial charge in [0, 0.05) is 31.9 Å². The largest absolute Gasteiger partial charge is 0.339 e. The van der Waals surface area contributed by atoms with Crippen LogP contribution in [0, 0.1) is 12.8 Å². The summed E-state index contributed by atoms with van der Waals surface area (Å²) in [6.45, 7) is 7.49. The Morgan fingerprint density at radius 1 is 1.37 bits per heavy atom. The molecule has 0 spiro atoms. The molecular weight excluding hydrogens is 344 g/mol. The van der Waals surface area contributed by atoms with Gasteiger partial charge in [-0.2, -0.15) is 10.1 Å². The maximum atomic E-state index is 13.1. The molecule has 1 aliphatic heterocycles. The van der Waals surface area contributed by atoms with Gasteiger partial charge in [0.15, 0.2) is 11.5 Å². The minimum absolute atomic E-state index is 0.0482. The minimum Gasteiger partial charge on any atom is -0.339 e. The van der Waals surface area contributed by atoms with Crippen LogP contribution in [0.1, 0.15) is 60.2 Å². The molecule has 142 valence electrons. The van der Waals surface area contributed by atoms with Crippen LogP contribution in [0.25, 0.3) is 5.65 Å². The van der Waals surface area contributed by atoms with Crippen LogP contribution in [-0.2, 0) is 6.42 Å². The lowest BCUT2D eigenvalue weighted by Gasteiger charge is -2.30. The molecule has 3 aromatic rings. The highest BCUT2D eigenvalue weighted by Crippen LogP contribution is 2.27. The predicted molar refractivity (Wildman–Crippen MR) is 98.4 cm³/mol. The first-order valence-corrected chi connectivity index (χ1v) is 9.43. The van der Waals surface area contributed by atoms with Crippen molar-refractivity contribution >= 4 is 11.6 Å². The van der Waals surface area contributed by atoms with Gasteiger partial charge in [0.2, 0.25) is 5.89 Å². The molecule has 27 heavy (non-hydrogen) atoms. The highest BCUT2D eigenvalue weighted by Gasteiger charge is 2.30. The van der Waals surface area contributed by atoms with Gasteiger partial charge in [0.05, 0.1) is 12.1 Å². The van der Waals surface area contributed by atoms with Crippen molar-refractivity contribution in [3.8, 4) is 0 Å². The van der Waals surface area contributed by atoms with Crippen LogP contribution in [-0.4, -0.2) is 48.6 Å². The predicted octanol–water partition coefficient (Wildman–Crippen LogP) is 2.64. The number of piperidine rings is 1. The van der Waals surface area contributed by atoms with Gasteiger partial charge in [0.1, 0.15) is 5.56 Å². The minimum atomic E-state index is -0.0482. The van der Waals surface area contributed by atoms with Crippen LogP contribution in [0.4, 0.5) is 0 Å². The van der Waals surface area contributed by atoms with E-state index >= 15 is 0 Å². The molecule has 0 N–H and O–H groups in total. The number of rotatable bonds is 4. The summed E-state index contributed by atoms with van der Waals surface area (Å²) in [6, 6.07) is 0. The Morgan fingerprint density at radius 2 is 2.22 bits per heavy atom. The third kappa shape index (κ3) is 3.56. The lowest BCUT2D eigenvalue weighted by molar-refractivity contribution is 0.0697. The first-order chi connectivity index (χ1) is 13.0. The van der Waals surface area contributed by atoms with E-state index in [9.17, 15) is 4.79 Å². The number of aromatic nitrogens is 5. The van der Waals surface area contributed by atoms with E-state index in [0.717, 1.165) is 30.7 Å².